The minimum Gasteiger partial charge on any atom is -0.345 e. The van der Waals surface area contributed by atoms with E-state index in [1.807, 2.05) is 4.57 Å². The molecule has 1 saturated carbocycles. The molecule has 1 aliphatic carbocycles. The average Bonchev–Trinajstić information content (AvgIpc) is 3.53. The van der Waals surface area contributed by atoms with Crippen LogP contribution in [0.25, 0.3) is 0 Å². The number of rotatable bonds is 6. The fourth-order valence-corrected chi connectivity index (χ4v) is 5.53. The van der Waals surface area contributed by atoms with E-state index < -0.39 is 10.0 Å². The van der Waals surface area contributed by atoms with Crippen molar-refractivity contribution >= 4 is 28.1 Å². The molecule has 4 rings (SSSR count). The summed E-state index contributed by atoms with van der Waals surface area (Å²) in [5.41, 5.74) is 0.313. The van der Waals surface area contributed by atoms with Gasteiger partial charge >= 0.3 is 0 Å². The number of nitrogens with one attached hydrogen (secondary N) is 2. The maximum atomic E-state index is 13.0. The Balaban J connectivity index is 1.48. The van der Waals surface area contributed by atoms with Gasteiger partial charge in [-0.3, -0.25) is 14.5 Å². The van der Waals surface area contributed by atoms with E-state index in [1.165, 1.54) is 10.4 Å². The van der Waals surface area contributed by atoms with Crippen molar-refractivity contribution in [2.75, 3.05) is 13.1 Å². The number of carbonyl (C=O) groups is 1. The second-order valence-corrected chi connectivity index (χ2v) is 9.90. The van der Waals surface area contributed by atoms with Crippen molar-refractivity contribution in [3.8, 4) is 0 Å². The highest BCUT2D eigenvalue weighted by Gasteiger charge is 2.28. The molecular formula is C19H25N5O3S2. The summed E-state index contributed by atoms with van der Waals surface area (Å²) < 4.78 is 30.0. The predicted octanol–water partition coefficient (Wildman–Crippen LogP) is 2.77. The Bertz CT molecular complexity index is 1050. The molecule has 2 heterocycles. The summed E-state index contributed by atoms with van der Waals surface area (Å²) >= 11 is 5.25. The molecule has 2 N–H and O–H groups in total. The summed E-state index contributed by atoms with van der Waals surface area (Å²) in [4.78, 5) is 12.8. The van der Waals surface area contributed by atoms with Crippen LogP contribution in [0.4, 0.5) is 0 Å². The van der Waals surface area contributed by atoms with Crippen LogP contribution in [0, 0.1) is 4.77 Å². The van der Waals surface area contributed by atoms with Crippen LogP contribution < -0.4 is 5.32 Å². The minimum absolute atomic E-state index is 0.160. The van der Waals surface area contributed by atoms with Crippen LogP contribution in [0.1, 0.15) is 60.7 Å². The molecule has 0 spiro atoms. The first-order chi connectivity index (χ1) is 14.0. The Kier molecular flexibility index (Phi) is 5.84. The van der Waals surface area contributed by atoms with Gasteiger partial charge in [0.2, 0.25) is 10.0 Å². The van der Waals surface area contributed by atoms with Crippen molar-refractivity contribution in [1.82, 2.24) is 24.4 Å². The summed E-state index contributed by atoms with van der Waals surface area (Å²) in [5, 5.41) is 9.79. The van der Waals surface area contributed by atoms with Gasteiger partial charge in [0.1, 0.15) is 0 Å². The van der Waals surface area contributed by atoms with Gasteiger partial charge in [-0.15, -0.1) is 0 Å². The number of sulfonamides is 1. The number of hydrogen-bond donors (Lipinski definition) is 2. The normalized spacial score (nSPS) is 18.3. The number of benzene rings is 1. The SMILES string of the molecule is O=C(NCc1n[nH]c(=S)n1C1CC1)c1cccc(S(=O)(=O)N2CCCCCC2)c1. The molecule has 0 unspecified atom stereocenters. The molecule has 2 fully saturated rings. The van der Waals surface area contributed by atoms with Crippen molar-refractivity contribution in [3.05, 3.63) is 40.4 Å². The van der Waals surface area contributed by atoms with Gasteiger partial charge in [0, 0.05) is 24.7 Å². The molecule has 0 radical (unpaired) electrons. The molecule has 8 nitrogen and oxygen atoms in total. The van der Waals surface area contributed by atoms with Crippen LogP contribution in [0.5, 0.6) is 0 Å². The zero-order valence-electron chi connectivity index (χ0n) is 16.1. The number of aromatic amines is 1. The largest absolute Gasteiger partial charge is 0.345 e. The predicted molar refractivity (Wildman–Crippen MR) is 111 cm³/mol. The third-order valence-corrected chi connectivity index (χ3v) is 7.58. The number of amides is 1. The van der Waals surface area contributed by atoms with E-state index in [9.17, 15) is 13.2 Å². The lowest BCUT2D eigenvalue weighted by atomic mass is 10.2. The van der Waals surface area contributed by atoms with Gasteiger partial charge in [0.05, 0.1) is 11.4 Å². The van der Waals surface area contributed by atoms with Crippen LogP contribution in [-0.2, 0) is 16.6 Å². The Morgan fingerprint density at radius 3 is 2.62 bits per heavy atom. The highest BCUT2D eigenvalue weighted by Crippen LogP contribution is 2.35. The van der Waals surface area contributed by atoms with Crippen LogP contribution in [0.3, 0.4) is 0 Å². The Labute approximate surface area is 175 Å². The summed E-state index contributed by atoms with van der Waals surface area (Å²) in [5.74, 6) is 0.341. The molecule has 1 aromatic carbocycles. The Morgan fingerprint density at radius 2 is 1.93 bits per heavy atom. The fraction of sp³-hybridized carbons (Fsp3) is 0.526. The Morgan fingerprint density at radius 1 is 1.21 bits per heavy atom. The van der Waals surface area contributed by atoms with Gasteiger partial charge in [0.25, 0.3) is 5.91 Å². The van der Waals surface area contributed by atoms with E-state index in [4.69, 9.17) is 12.2 Å². The quantitative estimate of drug-likeness (QED) is 0.680. The lowest BCUT2D eigenvalue weighted by Gasteiger charge is -2.20. The number of carbonyl (C=O) groups excluding carboxylic acids is 1. The van der Waals surface area contributed by atoms with Gasteiger partial charge in [0.15, 0.2) is 10.6 Å². The van der Waals surface area contributed by atoms with Crippen LogP contribution in [0.2, 0.25) is 0 Å². The number of hydrogen-bond acceptors (Lipinski definition) is 5. The first kappa shape index (κ1) is 20.2. The molecule has 1 aliphatic heterocycles. The van der Waals surface area contributed by atoms with Gasteiger partial charge in [-0.25, -0.2) is 8.42 Å². The third-order valence-electron chi connectivity index (χ3n) is 5.40. The zero-order chi connectivity index (χ0) is 20.4. The van der Waals surface area contributed by atoms with Gasteiger partial charge in [-0.1, -0.05) is 18.9 Å². The molecule has 156 valence electrons. The van der Waals surface area contributed by atoms with Crippen LogP contribution in [0.15, 0.2) is 29.2 Å². The second-order valence-electron chi connectivity index (χ2n) is 7.57. The molecule has 1 amide bonds. The lowest BCUT2D eigenvalue weighted by molar-refractivity contribution is 0.0949. The molecule has 10 heteroatoms. The maximum Gasteiger partial charge on any atom is 0.251 e. The third kappa shape index (κ3) is 4.44. The molecule has 0 bridgehead atoms. The summed E-state index contributed by atoms with van der Waals surface area (Å²) in [6, 6.07) is 6.59. The van der Waals surface area contributed by atoms with Gasteiger partial charge in [-0.2, -0.15) is 9.40 Å². The molecule has 2 aromatic rings. The molecule has 1 aromatic heterocycles. The van der Waals surface area contributed by atoms with E-state index in [-0.39, 0.29) is 17.3 Å². The monoisotopic (exact) mass is 435 g/mol. The van der Waals surface area contributed by atoms with Gasteiger partial charge in [-0.05, 0) is 56.1 Å². The standard InChI is InChI=1S/C19H25N5O3S2/c25-18(20-13-17-21-22-19(28)24(17)15-8-9-15)14-6-5-7-16(12-14)29(26,27)23-10-3-1-2-4-11-23/h5-7,12,15H,1-4,8-11,13H2,(H,20,25)(H,22,28). The number of nitrogens with zero attached hydrogens (tertiary/aromatic N) is 3. The average molecular weight is 436 g/mol. The smallest absolute Gasteiger partial charge is 0.251 e. The van der Waals surface area contributed by atoms with Gasteiger partial charge < -0.3 is 5.32 Å². The highest BCUT2D eigenvalue weighted by atomic mass is 32.2. The first-order valence-corrected chi connectivity index (χ1v) is 11.9. The molecule has 2 aliphatic rings. The molecule has 29 heavy (non-hydrogen) atoms. The van der Waals surface area contributed by atoms with E-state index in [2.05, 4.69) is 15.5 Å². The van der Waals surface area contributed by atoms with Crippen LogP contribution in [-0.4, -0.2) is 46.5 Å². The maximum absolute atomic E-state index is 13.0. The van der Waals surface area contributed by atoms with Crippen molar-refractivity contribution in [3.63, 3.8) is 0 Å². The summed E-state index contributed by atoms with van der Waals surface area (Å²) in [7, 11) is -3.60. The van der Waals surface area contributed by atoms with Crippen molar-refractivity contribution in [2.45, 2.75) is 56.0 Å². The Hall–Kier alpha value is -2.04. The number of aromatic nitrogens is 3. The zero-order valence-corrected chi connectivity index (χ0v) is 17.8. The van der Waals surface area contributed by atoms with E-state index >= 15 is 0 Å². The lowest BCUT2D eigenvalue weighted by Crippen LogP contribution is -2.32. The van der Waals surface area contributed by atoms with Crippen LogP contribution >= 0.6 is 12.2 Å². The minimum atomic E-state index is -3.60. The number of H-pyrrole nitrogens is 1. The highest BCUT2D eigenvalue weighted by molar-refractivity contribution is 7.89. The van der Waals surface area contributed by atoms with E-state index in [0.29, 0.717) is 35.3 Å². The van der Waals surface area contributed by atoms with E-state index in [1.54, 1.807) is 18.2 Å². The summed E-state index contributed by atoms with van der Waals surface area (Å²) in [6.07, 6.45) is 5.96. The van der Waals surface area contributed by atoms with Crippen molar-refractivity contribution in [2.24, 2.45) is 0 Å². The van der Waals surface area contributed by atoms with Crippen molar-refractivity contribution in [1.29, 1.82) is 0 Å². The fourth-order valence-electron chi connectivity index (χ4n) is 3.66. The van der Waals surface area contributed by atoms with Crippen molar-refractivity contribution < 1.29 is 13.2 Å². The molecule has 1 saturated heterocycles. The second kappa shape index (κ2) is 8.37. The topological polar surface area (TPSA) is 100 Å². The first-order valence-electron chi connectivity index (χ1n) is 10.0. The summed E-state index contributed by atoms with van der Waals surface area (Å²) in [6.45, 7) is 1.29. The van der Waals surface area contributed by atoms with E-state index in [0.717, 1.165) is 38.5 Å². The molecular weight excluding hydrogens is 410 g/mol. The molecule has 0 atom stereocenters.